The summed E-state index contributed by atoms with van der Waals surface area (Å²) in [4.78, 5) is 24.5. The molecule has 8 nitrogen and oxygen atoms in total. The molecule has 1 N–H and O–H groups in total. The van der Waals surface area contributed by atoms with Crippen molar-refractivity contribution in [3.8, 4) is 0 Å². The van der Waals surface area contributed by atoms with Gasteiger partial charge >= 0.3 is 7.12 Å². The molecule has 0 aliphatic carbocycles. The first-order chi connectivity index (χ1) is 16.6. The van der Waals surface area contributed by atoms with Crippen LogP contribution in [-0.4, -0.2) is 58.4 Å². The number of fused-ring (bicyclic) bond motifs is 1. The molecule has 0 spiro atoms. The second kappa shape index (κ2) is 8.73. The Balaban J connectivity index is 1.44. The van der Waals surface area contributed by atoms with E-state index in [4.69, 9.17) is 19.0 Å². The normalized spacial score (nSPS) is 20.9. The number of nitrogens with zero attached hydrogens (tertiary/aromatic N) is 3. The van der Waals surface area contributed by atoms with Gasteiger partial charge < -0.3 is 24.3 Å². The van der Waals surface area contributed by atoms with Crippen molar-refractivity contribution in [3.05, 3.63) is 47.4 Å². The van der Waals surface area contributed by atoms with E-state index in [1.807, 2.05) is 76.8 Å². The number of hydrogen-bond donors (Lipinski definition) is 1. The molecule has 2 aromatic rings. The van der Waals surface area contributed by atoms with Crippen molar-refractivity contribution in [2.24, 2.45) is 0 Å². The lowest BCUT2D eigenvalue weighted by atomic mass is 9.79. The smallest absolute Gasteiger partial charge is 0.399 e. The fourth-order valence-corrected chi connectivity index (χ4v) is 4.42. The van der Waals surface area contributed by atoms with E-state index < -0.39 is 7.12 Å². The molecule has 0 atom stereocenters. The molecule has 0 saturated carbocycles. The van der Waals surface area contributed by atoms with Crippen molar-refractivity contribution >= 4 is 35.6 Å². The van der Waals surface area contributed by atoms with Crippen LogP contribution in [-0.2, 0) is 20.6 Å². The summed E-state index contributed by atoms with van der Waals surface area (Å²) in [7, 11) is -0.415. The van der Waals surface area contributed by atoms with Crippen LogP contribution in [0.15, 0.2) is 30.3 Å². The zero-order chi connectivity index (χ0) is 25.0. The maximum atomic E-state index is 13.1. The molecule has 4 heterocycles. The molecule has 1 aromatic carbocycles. The largest absolute Gasteiger partial charge is 0.494 e. The third-order valence-electron chi connectivity index (χ3n) is 7.37. The molecule has 5 rings (SSSR count). The van der Waals surface area contributed by atoms with Gasteiger partial charge in [0.1, 0.15) is 11.5 Å². The fraction of sp³-hybridized carbons (Fsp3) is 0.500. The molecule has 1 fully saturated rings. The third-order valence-corrected chi connectivity index (χ3v) is 7.37. The number of carbonyl (C=O) groups excluding carboxylic acids is 1. The van der Waals surface area contributed by atoms with E-state index in [-0.39, 0.29) is 23.2 Å². The highest BCUT2D eigenvalue weighted by Crippen LogP contribution is 2.37. The first kappa shape index (κ1) is 24.0. The summed E-state index contributed by atoms with van der Waals surface area (Å²) >= 11 is 0. The molecule has 184 valence electrons. The van der Waals surface area contributed by atoms with E-state index in [0.29, 0.717) is 37.1 Å². The maximum absolute atomic E-state index is 13.1. The van der Waals surface area contributed by atoms with Crippen LogP contribution in [0.25, 0.3) is 5.57 Å². The molecular formula is C26H33BN4O4. The Hall–Kier alpha value is -2.75. The van der Waals surface area contributed by atoms with E-state index in [0.717, 1.165) is 28.7 Å². The summed E-state index contributed by atoms with van der Waals surface area (Å²) in [5.41, 5.74) is 3.36. The third kappa shape index (κ3) is 4.37. The summed E-state index contributed by atoms with van der Waals surface area (Å²) in [5.74, 6) is 1.20. The maximum Gasteiger partial charge on any atom is 0.494 e. The van der Waals surface area contributed by atoms with E-state index >= 15 is 0 Å². The van der Waals surface area contributed by atoms with Crippen LogP contribution in [0, 0.1) is 0 Å². The second-order valence-electron chi connectivity index (χ2n) is 10.6. The van der Waals surface area contributed by atoms with E-state index in [2.05, 4.69) is 10.3 Å². The van der Waals surface area contributed by atoms with Crippen molar-refractivity contribution in [1.29, 1.82) is 0 Å². The molecule has 9 heteroatoms. The Labute approximate surface area is 207 Å². The van der Waals surface area contributed by atoms with Crippen LogP contribution in [0.4, 0.5) is 11.5 Å². The van der Waals surface area contributed by atoms with Gasteiger partial charge in [-0.2, -0.15) is 0 Å². The highest BCUT2D eigenvalue weighted by molar-refractivity contribution is 6.62. The van der Waals surface area contributed by atoms with Crippen molar-refractivity contribution in [1.82, 2.24) is 14.9 Å². The SMILES string of the molecule is CC(C)N1Cc2c(Nc3ccc(B4OC(C)(C)C(C)(C)O4)cc3)nc(C3=CCOCC3)nc2C1=O. The molecule has 35 heavy (non-hydrogen) atoms. The minimum atomic E-state index is -0.415. The first-order valence-electron chi connectivity index (χ1n) is 12.3. The number of nitrogens with one attached hydrogen (secondary N) is 1. The lowest BCUT2D eigenvalue weighted by Crippen LogP contribution is -2.41. The Morgan fingerprint density at radius 3 is 2.34 bits per heavy atom. The average molecular weight is 476 g/mol. The Morgan fingerprint density at radius 2 is 1.74 bits per heavy atom. The van der Waals surface area contributed by atoms with Gasteiger partial charge in [-0.05, 0) is 71.1 Å². The number of carbonyl (C=O) groups is 1. The predicted octanol–water partition coefficient (Wildman–Crippen LogP) is 3.69. The van der Waals surface area contributed by atoms with Crippen molar-refractivity contribution in [2.45, 2.75) is 71.8 Å². The van der Waals surface area contributed by atoms with Gasteiger partial charge in [-0.15, -0.1) is 0 Å². The van der Waals surface area contributed by atoms with Crippen LogP contribution in [0.3, 0.4) is 0 Å². The van der Waals surface area contributed by atoms with E-state index in [1.165, 1.54) is 0 Å². The van der Waals surface area contributed by atoms with Crippen molar-refractivity contribution < 1.29 is 18.8 Å². The van der Waals surface area contributed by atoms with Crippen LogP contribution < -0.4 is 10.8 Å². The summed E-state index contributed by atoms with van der Waals surface area (Å²) in [6.07, 6.45) is 2.72. The average Bonchev–Trinajstić information content (AvgIpc) is 3.27. The van der Waals surface area contributed by atoms with Gasteiger partial charge in [0.05, 0.1) is 31.0 Å². The van der Waals surface area contributed by atoms with Gasteiger partial charge in [-0.1, -0.05) is 18.2 Å². The van der Waals surface area contributed by atoms with Crippen LogP contribution in [0.5, 0.6) is 0 Å². The van der Waals surface area contributed by atoms with Gasteiger partial charge in [-0.25, -0.2) is 9.97 Å². The zero-order valence-corrected chi connectivity index (χ0v) is 21.3. The first-order valence-corrected chi connectivity index (χ1v) is 12.3. The van der Waals surface area contributed by atoms with Crippen LogP contribution in [0.1, 0.15) is 69.8 Å². The Morgan fingerprint density at radius 1 is 1.06 bits per heavy atom. The number of ether oxygens (including phenoxy) is 1. The Kier molecular flexibility index (Phi) is 5.98. The lowest BCUT2D eigenvalue weighted by Gasteiger charge is -2.32. The minimum Gasteiger partial charge on any atom is -0.399 e. The number of anilines is 2. The lowest BCUT2D eigenvalue weighted by molar-refractivity contribution is 0.00578. The van der Waals surface area contributed by atoms with Gasteiger partial charge in [0.2, 0.25) is 0 Å². The van der Waals surface area contributed by atoms with E-state index in [9.17, 15) is 4.79 Å². The molecule has 0 bridgehead atoms. The monoisotopic (exact) mass is 476 g/mol. The van der Waals surface area contributed by atoms with Crippen LogP contribution >= 0.6 is 0 Å². The second-order valence-corrected chi connectivity index (χ2v) is 10.6. The molecule has 1 amide bonds. The highest BCUT2D eigenvalue weighted by Gasteiger charge is 2.51. The van der Waals surface area contributed by atoms with Gasteiger partial charge in [-0.3, -0.25) is 4.79 Å². The number of benzene rings is 1. The molecule has 0 radical (unpaired) electrons. The van der Waals surface area contributed by atoms with Crippen molar-refractivity contribution in [2.75, 3.05) is 18.5 Å². The molecule has 1 saturated heterocycles. The van der Waals surface area contributed by atoms with Gasteiger partial charge in [0.25, 0.3) is 5.91 Å². The molecule has 3 aliphatic rings. The number of rotatable bonds is 5. The highest BCUT2D eigenvalue weighted by atomic mass is 16.7. The Bertz CT molecular complexity index is 1160. The van der Waals surface area contributed by atoms with E-state index in [1.54, 1.807) is 0 Å². The standard InChI is InChI=1S/C26H33BN4O4/c1-16(2)31-15-20-21(24(31)32)29-22(17-11-13-33-14-12-17)30-23(20)28-19-9-7-18(8-10-19)27-34-25(3,4)26(5,6)35-27/h7-11,16H,12-15H2,1-6H3,(H,28,29,30). The summed E-state index contributed by atoms with van der Waals surface area (Å²) in [6, 6.07) is 8.05. The van der Waals surface area contributed by atoms with Crippen LogP contribution in [0.2, 0.25) is 0 Å². The zero-order valence-electron chi connectivity index (χ0n) is 21.3. The summed E-state index contributed by atoms with van der Waals surface area (Å²) in [6.45, 7) is 13.9. The fourth-order valence-electron chi connectivity index (χ4n) is 4.42. The minimum absolute atomic E-state index is 0.0505. The molecule has 3 aliphatic heterocycles. The quantitative estimate of drug-likeness (QED) is 0.659. The number of amides is 1. The van der Waals surface area contributed by atoms with Gasteiger partial charge in [0, 0.05) is 17.3 Å². The molecular weight excluding hydrogens is 443 g/mol. The molecule has 0 unspecified atom stereocenters. The predicted molar refractivity (Wildman–Crippen MR) is 136 cm³/mol. The number of hydrogen-bond acceptors (Lipinski definition) is 7. The summed E-state index contributed by atoms with van der Waals surface area (Å²) < 4.78 is 17.8. The molecule has 1 aromatic heterocycles. The topological polar surface area (TPSA) is 85.8 Å². The number of aromatic nitrogens is 2. The van der Waals surface area contributed by atoms with Gasteiger partial charge in [0.15, 0.2) is 5.82 Å². The van der Waals surface area contributed by atoms with Crippen molar-refractivity contribution in [3.63, 3.8) is 0 Å². The summed E-state index contributed by atoms with van der Waals surface area (Å²) in [5, 5.41) is 3.44.